The molecule has 0 radical (unpaired) electrons. The molecule has 2 aromatic carbocycles. The van der Waals surface area contributed by atoms with Crippen LogP contribution in [0.2, 0.25) is 0 Å². The summed E-state index contributed by atoms with van der Waals surface area (Å²) in [7, 11) is 2.17. The number of anilines is 1. The van der Waals surface area contributed by atoms with E-state index >= 15 is 0 Å². The van der Waals surface area contributed by atoms with Crippen LogP contribution in [0.25, 0.3) is 11.1 Å². The van der Waals surface area contributed by atoms with Crippen molar-refractivity contribution in [3.63, 3.8) is 0 Å². The summed E-state index contributed by atoms with van der Waals surface area (Å²) in [5, 5.41) is 0. The summed E-state index contributed by atoms with van der Waals surface area (Å²) in [6, 6.07) is 14.9. The van der Waals surface area contributed by atoms with Crippen molar-refractivity contribution < 1.29 is 9.53 Å². The van der Waals surface area contributed by atoms with Crippen molar-refractivity contribution in [3.8, 4) is 16.9 Å². The number of carbonyl (C=O) groups excluding carboxylic acids is 1. The third kappa shape index (κ3) is 3.11. The van der Waals surface area contributed by atoms with Gasteiger partial charge in [-0.05, 0) is 67.9 Å². The van der Waals surface area contributed by atoms with Crippen LogP contribution < -0.4 is 9.64 Å². The van der Waals surface area contributed by atoms with Gasteiger partial charge in [-0.25, -0.2) is 0 Å². The lowest BCUT2D eigenvalue weighted by Gasteiger charge is -2.36. The van der Waals surface area contributed by atoms with Gasteiger partial charge in [0.05, 0.1) is 12.2 Å². The standard InChI is InChI=1S/C27H27N3O2/c1-17-3-5-24-22(11-17)23-16-29(2)9-7-25(23)30(24)27(31)21-13-20(14-28-15-21)18-4-6-26-19(12-18)8-10-32-26/h3-6,11-15,23,25H,7-10,16H2,1-2H3. The quantitative estimate of drug-likeness (QED) is 0.609. The Morgan fingerprint density at radius 2 is 2.00 bits per heavy atom. The highest BCUT2D eigenvalue weighted by molar-refractivity contribution is 6.08. The fourth-order valence-corrected chi connectivity index (χ4v) is 5.57. The largest absolute Gasteiger partial charge is 0.493 e. The molecule has 1 fully saturated rings. The molecule has 5 nitrogen and oxygen atoms in total. The highest BCUT2D eigenvalue weighted by Crippen LogP contribution is 2.45. The van der Waals surface area contributed by atoms with E-state index in [0.29, 0.717) is 11.5 Å². The first-order chi connectivity index (χ1) is 15.6. The van der Waals surface area contributed by atoms with Gasteiger partial charge < -0.3 is 14.5 Å². The van der Waals surface area contributed by atoms with Crippen molar-refractivity contribution in [2.24, 2.45) is 0 Å². The first-order valence-electron chi connectivity index (χ1n) is 11.4. The smallest absolute Gasteiger partial charge is 0.260 e. The van der Waals surface area contributed by atoms with Gasteiger partial charge in [-0.1, -0.05) is 23.8 Å². The number of aromatic nitrogens is 1. The molecule has 0 bridgehead atoms. The summed E-state index contributed by atoms with van der Waals surface area (Å²) in [6.45, 7) is 4.86. The van der Waals surface area contributed by atoms with Crippen LogP contribution in [0, 0.1) is 6.92 Å². The molecule has 1 saturated heterocycles. The van der Waals surface area contributed by atoms with Crippen LogP contribution >= 0.6 is 0 Å². The van der Waals surface area contributed by atoms with Crippen molar-refractivity contribution in [1.82, 2.24) is 9.88 Å². The van der Waals surface area contributed by atoms with Gasteiger partial charge in [-0.3, -0.25) is 9.78 Å². The van der Waals surface area contributed by atoms with Crippen LogP contribution in [-0.2, 0) is 6.42 Å². The molecule has 1 amide bonds. The Kier molecular flexibility index (Phi) is 4.54. The number of rotatable bonds is 2. The van der Waals surface area contributed by atoms with E-state index < -0.39 is 0 Å². The number of carbonyl (C=O) groups is 1. The van der Waals surface area contributed by atoms with Crippen LogP contribution in [0.1, 0.15) is 39.4 Å². The average Bonchev–Trinajstić information content (AvgIpc) is 3.40. The molecule has 4 heterocycles. The Bertz CT molecular complexity index is 1220. The number of likely N-dealkylation sites (N-methyl/N-ethyl adjacent to an activating group) is 1. The minimum absolute atomic E-state index is 0.0472. The maximum Gasteiger partial charge on any atom is 0.260 e. The number of likely N-dealkylation sites (tertiary alicyclic amines) is 1. The van der Waals surface area contributed by atoms with E-state index in [0.717, 1.165) is 55.1 Å². The lowest BCUT2D eigenvalue weighted by Crippen LogP contribution is -2.47. The molecule has 3 aliphatic heterocycles. The van der Waals surface area contributed by atoms with Gasteiger partial charge in [0.15, 0.2) is 0 Å². The lowest BCUT2D eigenvalue weighted by molar-refractivity contribution is 0.0964. The fourth-order valence-electron chi connectivity index (χ4n) is 5.57. The zero-order chi connectivity index (χ0) is 21.8. The van der Waals surface area contributed by atoms with Gasteiger partial charge >= 0.3 is 0 Å². The SMILES string of the molecule is Cc1ccc2c(c1)C1CN(C)CCC1N2C(=O)c1cncc(-c2ccc3c(c2)CCO3)c1. The number of ether oxygens (including phenoxy) is 1. The number of hydrogen-bond acceptors (Lipinski definition) is 4. The number of hydrogen-bond donors (Lipinski definition) is 0. The minimum atomic E-state index is 0.0472. The van der Waals surface area contributed by atoms with E-state index in [-0.39, 0.29) is 11.9 Å². The molecule has 0 aliphatic carbocycles. The number of benzene rings is 2. The average molecular weight is 426 g/mol. The van der Waals surface area contributed by atoms with E-state index in [4.69, 9.17) is 4.74 Å². The topological polar surface area (TPSA) is 45.7 Å². The van der Waals surface area contributed by atoms with E-state index in [1.165, 1.54) is 16.7 Å². The third-order valence-electron chi connectivity index (χ3n) is 7.18. The van der Waals surface area contributed by atoms with Crippen LogP contribution in [0.5, 0.6) is 5.75 Å². The predicted molar refractivity (Wildman–Crippen MR) is 126 cm³/mol. The van der Waals surface area contributed by atoms with Crippen molar-refractivity contribution in [2.75, 3.05) is 31.6 Å². The van der Waals surface area contributed by atoms with E-state index in [9.17, 15) is 4.79 Å². The summed E-state index contributed by atoms with van der Waals surface area (Å²) in [6.07, 6.45) is 5.46. The van der Waals surface area contributed by atoms with Gasteiger partial charge in [0.2, 0.25) is 0 Å². The lowest BCUT2D eigenvalue weighted by atomic mass is 9.88. The molecule has 1 aromatic heterocycles. The number of fused-ring (bicyclic) bond motifs is 4. The highest BCUT2D eigenvalue weighted by Gasteiger charge is 2.44. The molecular weight excluding hydrogens is 398 g/mol. The minimum Gasteiger partial charge on any atom is -0.493 e. The molecule has 162 valence electrons. The van der Waals surface area contributed by atoms with Gasteiger partial charge in [-0.2, -0.15) is 0 Å². The Hall–Kier alpha value is -3.18. The van der Waals surface area contributed by atoms with Gasteiger partial charge in [0, 0.05) is 48.6 Å². The second-order valence-electron chi connectivity index (χ2n) is 9.35. The maximum atomic E-state index is 13.9. The van der Waals surface area contributed by atoms with Crippen molar-refractivity contribution in [1.29, 1.82) is 0 Å². The Morgan fingerprint density at radius 1 is 1.09 bits per heavy atom. The molecule has 5 heteroatoms. The number of pyridine rings is 1. The second kappa shape index (κ2) is 7.45. The first-order valence-corrected chi connectivity index (χ1v) is 11.4. The van der Waals surface area contributed by atoms with Crippen molar-refractivity contribution in [3.05, 3.63) is 77.1 Å². The first kappa shape index (κ1) is 19.5. The molecule has 6 rings (SSSR count). The highest BCUT2D eigenvalue weighted by atomic mass is 16.5. The van der Waals surface area contributed by atoms with Crippen molar-refractivity contribution >= 4 is 11.6 Å². The van der Waals surface area contributed by atoms with E-state index in [2.05, 4.69) is 54.2 Å². The normalized spacial score (nSPS) is 21.6. The molecule has 3 aromatic rings. The molecular formula is C27H27N3O2. The summed E-state index contributed by atoms with van der Waals surface area (Å²) in [5.74, 6) is 1.37. The molecule has 2 unspecified atom stereocenters. The molecule has 3 aliphatic rings. The molecule has 2 atom stereocenters. The summed E-state index contributed by atoms with van der Waals surface area (Å²) in [4.78, 5) is 22.7. The monoisotopic (exact) mass is 425 g/mol. The second-order valence-corrected chi connectivity index (χ2v) is 9.35. The number of piperidine rings is 1. The molecule has 0 N–H and O–H groups in total. The Morgan fingerprint density at radius 3 is 2.91 bits per heavy atom. The molecule has 0 saturated carbocycles. The van der Waals surface area contributed by atoms with Gasteiger partial charge in [-0.15, -0.1) is 0 Å². The Balaban J connectivity index is 1.37. The number of nitrogens with zero attached hydrogens (tertiary/aromatic N) is 3. The van der Waals surface area contributed by atoms with Crippen LogP contribution in [0.15, 0.2) is 54.9 Å². The van der Waals surface area contributed by atoms with E-state index in [1.807, 2.05) is 23.2 Å². The zero-order valence-corrected chi connectivity index (χ0v) is 18.5. The third-order valence-corrected chi connectivity index (χ3v) is 7.18. The fraction of sp³-hybridized carbons (Fsp3) is 0.333. The molecule has 32 heavy (non-hydrogen) atoms. The summed E-state index contributed by atoms with van der Waals surface area (Å²) < 4.78 is 5.64. The zero-order valence-electron chi connectivity index (χ0n) is 18.5. The Labute approximate surface area is 188 Å². The van der Waals surface area contributed by atoms with Gasteiger partial charge in [0.25, 0.3) is 5.91 Å². The predicted octanol–water partition coefficient (Wildman–Crippen LogP) is 4.44. The summed E-state index contributed by atoms with van der Waals surface area (Å²) in [5.41, 5.74) is 7.51. The summed E-state index contributed by atoms with van der Waals surface area (Å²) >= 11 is 0. The van der Waals surface area contributed by atoms with Gasteiger partial charge in [0.1, 0.15) is 5.75 Å². The number of aryl methyl sites for hydroxylation is 1. The van der Waals surface area contributed by atoms with Crippen LogP contribution in [0.3, 0.4) is 0 Å². The van der Waals surface area contributed by atoms with Crippen LogP contribution in [-0.4, -0.2) is 48.6 Å². The van der Waals surface area contributed by atoms with Crippen LogP contribution in [0.4, 0.5) is 5.69 Å². The van der Waals surface area contributed by atoms with E-state index in [1.54, 1.807) is 6.20 Å². The number of amides is 1. The maximum absolute atomic E-state index is 13.9. The van der Waals surface area contributed by atoms with Crippen molar-refractivity contribution in [2.45, 2.75) is 31.7 Å². The molecule has 0 spiro atoms.